The lowest BCUT2D eigenvalue weighted by atomic mass is 10.2. The highest BCUT2D eigenvalue weighted by Gasteiger charge is 2.04. The van der Waals surface area contributed by atoms with Crippen molar-refractivity contribution in [1.29, 1.82) is 0 Å². The van der Waals surface area contributed by atoms with E-state index in [0.29, 0.717) is 18.4 Å². The molecule has 0 aliphatic rings. The molecule has 0 amide bonds. The summed E-state index contributed by atoms with van der Waals surface area (Å²) in [6, 6.07) is 3.90. The number of rotatable bonds is 4. The highest BCUT2D eigenvalue weighted by Crippen LogP contribution is 2.09. The first kappa shape index (κ1) is 17.8. The van der Waals surface area contributed by atoms with Gasteiger partial charge in [0.15, 0.2) is 0 Å². The Hall–Kier alpha value is -0.550. The van der Waals surface area contributed by atoms with E-state index in [4.69, 9.17) is 10.8 Å². The minimum absolute atomic E-state index is 0. The Morgan fingerprint density at radius 2 is 2.00 bits per heavy atom. The first-order valence-electron chi connectivity index (χ1n) is 4.72. The van der Waals surface area contributed by atoms with E-state index in [9.17, 15) is 0 Å². The molecule has 0 aliphatic carbocycles. The normalized spacial score (nSPS) is 9.50. The van der Waals surface area contributed by atoms with Crippen LogP contribution in [-0.2, 0) is 13.2 Å². The Kier molecular flexibility index (Phi) is 9.57. The fourth-order valence-corrected chi connectivity index (χ4v) is 1.14. The molecule has 0 bridgehead atoms. The Bertz CT molecular complexity index is 308. The van der Waals surface area contributed by atoms with Crippen LogP contribution in [0.3, 0.4) is 0 Å². The van der Waals surface area contributed by atoms with E-state index in [1.165, 1.54) is 0 Å². The summed E-state index contributed by atoms with van der Waals surface area (Å²) >= 11 is 0. The van der Waals surface area contributed by atoms with Gasteiger partial charge in [0.1, 0.15) is 5.82 Å². The van der Waals surface area contributed by atoms with Crippen LogP contribution in [-0.4, -0.2) is 16.1 Å². The summed E-state index contributed by atoms with van der Waals surface area (Å²) in [5.74, 6) is 0.489. The topological polar surface area (TPSA) is 71.2 Å². The number of nitrogens with zero attached hydrogens (tertiary/aromatic N) is 1. The van der Waals surface area contributed by atoms with E-state index in [0.717, 1.165) is 11.3 Å². The van der Waals surface area contributed by atoms with Crippen LogP contribution in [0.25, 0.3) is 0 Å². The molecule has 16 heavy (non-hydrogen) atoms. The minimum Gasteiger partial charge on any atom is -0.392 e. The molecule has 0 saturated heterocycles. The zero-order chi connectivity index (χ0) is 10.6. The molecule has 1 heterocycles. The zero-order valence-electron chi connectivity index (χ0n) is 9.43. The summed E-state index contributed by atoms with van der Waals surface area (Å²) in [6.45, 7) is 4.76. The van der Waals surface area contributed by atoms with Gasteiger partial charge in [0.25, 0.3) is 0 Å². The number of nitrogen functional groups attached to an aromatic ring is 1. The molecule has 6 heteroatoms. The lowest BCUT2D eigenvalue weighted by molar-refractivity contribution is 0.279. The Labute approximate surface area is 108 Å². The van der Waals surface area contributed by atoms with Gasteiger partial charge < -0.3 is 16.2 Å². The second-order valence-corrected chi connectivity index (χ2v) is 3.54. The summed E-state index contributed by atoms with van der Waals surface area (Å²) in [4.78, 5) is 4.17. The molecule has 4 N–H and O–H groups in total. The number of halogens is 2. The van der Waals surface area contributed by atoms with Crippen LogP contribution in [0.1, 0.15) is 25.1 Å². The average Bonchev–Trinajstić information content (AvgIpc) is 2.15. The number of hydrogen-bond donors (Lipinski definition) is 3. The van der Waals surface area contributed by atoms with Crippen LogP contribution >= 0.6 is 24.8 Å². The van der Waals surface area contributed by atoms with Gasteiger partial charge in [-0.1, -0.05) is 19.9 Å². The van der Waals surface area contributed by atoms with Gasteiger partial charge in [-0.3, -0.25) is 0 Å². The van der Waals surface area contributed by atoms with Gasteiger partial charge in [-0.15, -0.1) is 24.8 Å². The van der Waals surface area contributed by atoms with Crippen molar-refractivity contribution < 1.29 is 5.11 Å². The Morgan fingerprint density at radius 1 is 1.38 bits per heavy atom. The number of anilines is 1. The molecular formula is C10H19Cl2N3O. The fourth-order valence-electron chi connectivity index (χ4n) is 1.14. The highest BCUT2D eigenvalue weighted by molar-refractivity contribution is 5.85. The maximum atomic E-state index is 9.07. The van der Waals surface area contributed by atoms with Gasteiger partial charge in [-0.05, 0) is 6.07 Å². The molecule has 0 aromatic carbocycles. The van der Waals surface area contributed by atoms with E-state index in [1.54, 1.807) is 12.1 Å². The molecule has 0 fully saturated rings. The van der Waals surface area contributed by atoms with Crippen molar-refractivity contribution in [2.45, 2.75) is 33.0 Å². The summed E-state index contributed by atoms with van der Waals surface area (Å²) in [7, 11) is 0. The third-order valence-corrected chi connectivity index (χ3v) is 1.94. The molecule has 1 aromatic rings. The zero-order valence-corrected chi connectivity index (χ0v) is 11.1. The van der Waals surface area contributed by atoms with Crippen LogP contribution in [0, 0.1) is 0 Å². The van der Waals surface area contributed by atoms with Crippen molar-refractivity contribution in [2.75, 3.05) is 5.73 Å². The quantitative estimate of drug-likeness (QED) is 0.773. The second kappa shape index (κ2) is 8.58. The summed E-state index contributed by atoms with van der Waals surface area (Å²) in [5.41, 5.74) is 7.21. The van der Waals surface area contributed by atoms with Crippen molar-refractivity contribution in [1.82, 2.24) is 10.3 Å². The van der Waals surface area contributed by atoms with Crippen molar-refractivity contribution in [2.24, 2.45) is 0 Å². The molecule has 1 rings (SSSR count). The third kappa shape index (κ3) is 5.51. The standard InChI is InChI=1S/C10H17N3O.2ClH/c1-7(2)12-5-9-8(6-14)3-4-10(11)13-9;;/h3-4,7,12,14H,5-6H2,1-2H3,(H2,11,13);2*1H. The molecule has 0 saturated carbocycles. The second-order valence-electron chi connectivity index (χ2n) is 3.54. The molecular weight excluding hydrogens is 249 g/mol. The number of nitrogens with one attached hydrogen (secondary N) is 1. The van der Waals surface area contributed by atoms with E-state index >= 15 is 0 Å². The van der Waals surface area contributed by atoms with Gasteiger partial charge in [-0.25, -0.2) is 4.98 Å². The molecule has 4 nitrogen and oxygen atoms in total. The summed E-state index contributed by atoms with van der Waals surface area (Å²) in [5, 5.41) is 12.3. The Morgan fingerprint density at radius 3 is 2.50 bits per heavy atom. The van der Waals surface area contributed by atoms with Gasteiger partial charge in [-0.2, -0.15) is 0 Å². The monoisotopic (exact) mass is 267 g/mol. The van der Waals surface area contributed by atoms with Crippen LogP contribution in [0.2, 0.25) is 0 Å². The fraction of sp³-hybridized carbons (Fsp3) is 0.500. The van der Waals surface area contributed by atoms with Crippen LogP contribution in [0.4, 0.5) is 5.82 Å². The maximum Gasteiger partial charge on any atom is 0.123 e. The number of hydrogen-bond acceptors (Lipinski definition) is 4. The molecule has 94 valence electrons. The van der Waals surface area contributed by atoms with Gasteiger partial charge >= 0.3 is 0 Å². The predicted octanol–water partition coefficient (Wildman–Crippen LogP) is 1.50. The lowest BCUT2D eigenvalue weighted by Crippen LogP contribution is -2.23. The van der Waals surface area contributed by atoms with E-state index in [2.05, 4.69) is 24.1 Å². The largest absolute Gasteiger partial charge is 0.392 e. The van der Waals surface area contributed by atoms with Gasteiger partial charge in [0.05, 0.1) is 12.3 Å². The van der Waals surface area contributed by atoms with Crippen molar-refractivity contribution >= 4 is 30.6 Å². The van der Waals surface area contributed by atoms with E-state index < -0.39 is 0 Å². The molecule has 0 aliphatic heterocycles. The summed E-state index contributed by atoms with van der Waals surface area (Å²) in [6.07, 6.45) is 0. The number of pyridine rings is 1. The molecule has 0 radical (unpaired) electrons. The lowest BCUT2D eigenvalue weighted by Gasteiger charge is -2.10. The molecule has 0 atom stereocenters. The molecule has 0 unspecified atom stereocenters. The van der Waals surface area contributed by atoms with Crippen molar-refractivity contribution in [3.8, 4) is 0 Å². The number of aromatic nitrogens is 1. The smallest absolute Gasteiger partial charge is 0.123 e. The van der Waals surface area contributed by atoms with E-state index in [1.807, 2.05) is 0 Å². The third-order valence-electron chi connectivity index (χ3n) is 1.94. The average molecular weight is 268 g/mol. The predicted molar refractivity (Wildman–Crippen MR) is 71.0 cm³/mol. The minimum atomic E-state index is 0. The Balaban J connectivity index is 0. The van der Waals surface area contributed by atoms with Crippen LogP contribution in [0.15, 0.2) is 12.1 Å². The summed E-state index contributed by atoms with van der Waals surface area (Å²) < 4.78 is 0. The van der Waals surface area contributed by atoms with E-state index in [-0.39, 0.29) is 31.4 Å². The maximum absolute atomic E-state index is 9.07. The molecule has 1 aromatic heterocycles. The first-order valence-corrected chi connectivity index (χ1v) is 4.72. The number of aliphatic hydroxyl groups is 1. The number of nitrogens with two attached hydrogens (primary N) is 1. The SMILES string of the molecule is CC(C)NCc1nc(N)ccc1CO.Cl.Cl. The number of aliphatic hydroxyl groups excluding tert-OH is 1. The first-order chi connectivity index (χ1) is 6.63. The highest BCUT2D eigenvalue weighted by atomic mass is 35.5. The van der Waals surface area contributed by atoms with Crippen molar-refractivity contribution in [3.05, 3.63) is 23.4 Å². The van der Waals surface area contributed by atoms with Gasteiger partial charge in [0.2, 0.25) is 0 Å². The van der Waals surface area contributed by atoms with Crippen LogP contribution < -0.4 is 11.1 Å². The van der Waals surface area contributed by atoms with Crippen molar-refractivity contribution in [3.63, 3.8) is 0 Å². The molecule has 0 spiro atoms. The van der Waals surface area contributed by atoms with Crippen LogP contribution in [0.5, 0.6) is 0 Å². The van der Waals surface area contributed by atoms with Gasteiger partial charge in [0, 0.05) is 18.2 Å².